The molecule has 9 nitrogen and oxygen atoms in total. The number of ether oxygens (including phenoxy) is 3. The number of primary sulfonamides is 1. The number of benzene rings is 2. The van der Waals surface area contributed by atoms with Gasteiger partial charge >= 0.3 is 0 Å². The monoisotopic (exact) mass is 496 g/mol. The highest BCUT2D eigenvalue weighted by Crippen LogP contribution is 2.51. The van der Waals surface area contributed by atoms with Crippen molar-refractivity contribution in [2.75, 3.05) is 26.2 Å². The maximum Gasteiger partial charge on any atom is 0.238 e. The molecule has 0 fully saturated rings. The SMILES string of the molecule is COc1cc(OC)c(C2C(C#N)=C(N)N(c3ccc(S(N)(=O)=O)cc3)C3=C2CCCC3)cc1OC. The number of methoxy groups -OCH3 is 3. The molecule has 10 heteroatoms. The molecule has 2 aromatic rings. The van der Waals surface area contributed by atoms with E-state index in [0.717, 1.165) is 42.5 Å². The summed E-state index contributed by atoms with van der Waals surface area (Å²) in [5, 5.41) is 15.5. The lowest BCUT2D eigenvalue weighted by molar-refractivity contribution is 0.347. The molecule has 4 N–H and O–H groups in total. The minimum Gasteiger partial charge on any atom is -0.496 e. The van der Waals surface area contributed by atoms with Gasteiger partial charge in [0.2, 0.25) is 10.0 Å². The number of hydrogen-bond acceptors (Lipinski definition) is 8. The Balaban J connectivity index is 1.92. The molecule has 1 atom stereocenters. The minimum atomic E-state index is -3.83. The first-order valence-corrected chi connectivity index (χ1v) is 12.6. The summed E-state index contributed by atoms with van der Waals surface area (Å²) in [7, 11) is 0.853. The van der Waals surface area contributed by atoms with Crippen molar-refractivity contribution < 1.29 is 22.6 Å². The van der Waals surface area contributed by atoms with Gasteiger partial charge in [-0.3, -0.25) is 0 Å². The summed E-state index contributed by atoms with van der Waals surface area (Å²) in [6, 6.07) is 12.1. The van der Waals surface area contributed by atoms with Crippen LogP contribution in [-0.2, 0) is 10.0 Å². The zero-order valence-corrected chi connectivity index (χ0v) is 20.7. The predicted molar refractivity (Wildman–Crippen MR) is 131 cm³/mol. The lowest BCUT2D eigenvalue weighted by atomic mass is 9.76. The number of rotatable bonds is 6. The fourth-order valence-electron chi connectivity index (χ4n) is 4.89. The quantitative estimate of drug-likeness (QED) is 0.619. The van der Waals surface area contributed by atoms with Crippen molar-refractivity contribution in [3.05, 3.63) is 64.6 Å². The minimum absolute atomic E-state index is 0.00658. The standard InChI is InChI=1S/C25H28N4O5S/c1-32-21-13-23(34-3)22(33-2)12-18(21)24-17-6-4-5-7-20(17)29(25(27)19(24)14-26)15-8-10-16(11-9-15)35(28,30)31/h8-13,24H,4-7,27H2,1-3H3,(H2,28,30,31). The summed E-state index contributed by atoms with van der Waals surface area (Å²) in [6.45, 7) is 0. The van der Waals surface area contributed by atoms with E-state index in [1.165, 1.54) is 12.1 Å². The number of anilines is 1. The molecule has 184 valence electrons. The van der Waals surface area contributed by atoms with Gasteiger partial charge in [0.15, 0.2) is 11.5 Å². The number of sulfonamides is 1. The average molecular weight is 497 g/mol. The predicted octanol–water partition coefficient (Wildman–Crippen LogP) is 3.49. The van der Waals surface area contributed by atoms with Gasteiger partial charge in [0.1, 0.15) is 11.6 Å². The van der Waals surface area contributed by atoms with Crippen LogP contribution in [-0.4, -0.2) is 29.7 Å². The summed E-state index contributed by atoms with van der Waals surface area (Å²) in [6.07, 6.45) is 3.48. The zero-order valence-electron chi connectivity index (χ0n) is 19.9. The lowest BCUT2D eigenvalue weighted by Gasteiger charge is -2.40. The van der Waals surface area contributed by atoms with E-state index in [-0.39, 0.29) is 4.90 Å². The van der Waals surface area contributed by atoms with Crippen molar-refractivity contribution in [1.29, 1.82) is 5.26 Å². The van der Waals surface area contributed by atoms with E-state index in [1.807, 2.05) is 11.0 Å². The molecule has 0 spiro atoms. The molecule has 1 aliphatic heterocycles. The van der Waals surface area contributed by atoms with Gasteiger partial charge in [-0.05, 0) is 61.6 Å². The van der Waals surface area contributed by atoms with Crippen LogP contribution < -0.4 is 30.0 Å². The Kier molecular flexibility index (Phi) is 6.65. The van der Waals surface area contributed by atoms with Crippen LogP contribution in [0.4, 0.5) is 5.69 Å². The maximum atomic E-state index is 11.7. The molecule has 0 aromatic heterocycles. The smallest absolute Gasteiger partial charge is 0.238 e. The van der Waals surface area contributed by atoms with Crippen molar-refractivity contribution in [2.24, 2.45) is 10.9 Å². The van der Waals surface area contributed by atoms with E-state index in [4.69, 9.17) is 25.1 Å². The molecule has 0 saturated heterocycles. The molecule has 2 aliphatic rings. The summed E-state index contributed by atoms with van der Waals surface area (Å²) in [4.78, 5) is 1.86. The highest BCUT2D eigenvalue weighted by Gasteiger charge is 2.38. The average Bonchev–Trinajstić information content (AvgIpc) is 2.86. The highest BCUT2D eigenvalue weighted by molar-refractivity contribution is 7.89. The molecule has 1 unspecified atom stereocenters. The molecule has 1 aliphatic carbocycles. The fourth-order valence-corrected chi connectivity index (χ4v) is 5.41. The molecule has 4 rings (SSSR count). The Morgan fingerprint density at radius 2 is 1.57 bits per heavy atom. The largest absolute Gasteiger partial charge is 0.496 e. The van der Waals surface area contributed by atoms with Gasteiger partial charge in [0, 0.05) is 28.9 Å². The first-order chi connectivity index (χ1) is 16.7. The van der Waals surface area contributed by atoms with E-state index in [9.17, 15) is 13.7 Å². The summed E-state index contributed by atoms with van der Waals surface area (Å²) < 4.78 is 40.1. The van der Waals surface area contributed by atoms with E-state index in [2.05, 4.69) is 6.07 Å². The van der Waals surface area contributed by atoms with Crippen molar-refractivity contribution in [1.82, 2.24) is 0 Å². The number of nitriles is 1. The normalized spacial score (nSPS) is 18.1. The second kappa shape index (κ2) is 9.52. The molecule has 0 amide bonds. The zero-order chi connectivity index (χ0) is 25.3. The van der Waals surface area contributed by atoms with Crippen LogP contribution in [0.1, 0.15) is 37.2 Å². The molecule has 0 radical (unpaired) electrons. The third-order valence-corrected chi connectivity index (χ3v) is 7.42. The van der Waals surface area contributed by atoms with Gasteiger partial charge in [-0.25, -0.2) is 13.6 Å². The molecule has 1 heterocycles. The lowest BCUT2D eigenvalue weighted by Crippen LogP contribution is -2.36. The number of nitrogens with two attached hydrogens (primary N) is 2. The Hall–Kier alpha value is -3.68. The Bertz CT molecular complexity index is 1360. The summed E-state index contributed by atoms with van der Waals surface area (Å²) in [5.41, 5.74) is 10.5. The molecule has 2 aromatic carbocycles. The van der Waals surface area contributed by atoms with Crippen LogP contribution in [0.25, 0.3) is 0 Å². The van der Waals surface area contributed by atoms with Gasteiger partial charge in [-0.15, -0.1) is 0 Å². The van der Waals surface area contributed by atoms with Crippen LogP contribution in [0.2, 0.25) is 0 Å². The first-order valence-electron chi connectivity index (χ1n) is 11.1. The number of allylic oxidation sites excluding steroid dienone is 3. The van der Waals surface area contributed by atoms with E-state index < -0.39 is 15.9 Å². The summed E-state index contributed by atoms with van der Waals surface area (Å²) >= 11 is 0. The second-order valence-electron chi connectivity index (χ2n) is 8.35. The second-order valence-corrected chi connectivity index (χ2v) is 9.91. The Labute approximate surface area is 205 Å². The Morgan fingerprint density at radius 3 is 2.14 bits per heavy atom. The van der Waals surface area contributed by atoms with Crippen molar-refractivity contribution in [2.45, 2.75) is 36.5 Å². The van der Waals surface area contributed by atoms with Gasteiger partial charge in [0.05, 0.1) is 37.9 Å². The maximum absolute atomic E-state index is 11.7. The third-order valence-electron chi connectivity index (χ3n) is 6.50. The molecular formula is C25H28N4O5S. The van der Waals surface area contributed by atoms with Crippen LogP contribution in [0.5, 0.6) is 17.2 Å². The molecular weight excluding hydrogens is 468 g/mol. The van der Waals surface area contributed by atoms with Gasteiger partial charge in [-0.2, -0.15) is 5.26 Å². The first kappa shape index (κ1) is 24.4. The van der Waals surface area contributed by atoms with Crippen molar-refractivity contribution in [3.8, 4) is 23.3 Å². The van der Waals surface area contributed by atoms with Gasteiger partial charge in [-0.1, -0.05) is 0 Å². The summed E-state index contributed by atoms with van der Waals surface area (Å²) in [5.74, 6) is 1.49. The van der Waals surface area contributed by atoms with Crippen LogP contribution >= 0.6 is 0 Å². The van der Waals surface area contributed by atoms with Gasteiger partial charge < -0.3 is 24.8 Å². The third kappa shape index (κ3) is 4.29. The van der Waals surface area contributed by atoms with Crippen molar-refractivity contribution in [3.63, 3.8) is 0 Å². The number of hydrogen-bond donors (Lipinski definition) is 2. The molecule has 0 bridgehead atoms. The number of nitrogens with zero attached hydrogens (tertiary/aromatic N) is 2. The highest BCUT2D eigenvalue weighted by atomic mass is 32.2. The molecule has 0 saturated carbocycles. The fraction of sp³-hybridized carbons (Fsp3) is 0.320. The van der Waals surface area contributed by atoms with E-state index >= 15 is 0 Å². The van der Waals surface area contributed by atoms with Crippen molar-refractivity contribution >= 4 is 15.7 Å². The van der Waals surface area contributed by atoms with E-state index in [0.29, 0.717) is 34.3 Å². The molecule has 35 heavy (non-hydrogen) atoms. The topological polar surface area (TPSA) is 141 Å². The van der Waals surface area contributed by atoms with Crippen LogP contribution in [0.3, 0.4) is 0 Å². The van der Waals surface area contributed by atoms with Crippen LogP contribution in [0, 0.1) is 11.3 Å². The van der Waals surface area contributed by atoms with Crippen LogP contribution in [0.15, 0.2) is 64.0 Å². The van der Waals surface area contributed by atoms with E-state index in [1.54, 1.807) is 39.5 Å². The Morgan fingerprint density at radius 1 is 0.971 bits per heavy atom. The van der Waals surface area contributed by atoms with Gasteiger partial charge in [0.25, 0.3) is 0 Å².